The number of benzene rings is 1. The number of ether oxygens (including phenoxy) is 1. The van der Waals surface area contributed by atoms with Gasteiger partial charge in [0.2, 0.25) is 0 Å². The van der Waals surface area contributed by atoms with Gasteiger partial charge in [0.05, 0.1) is 12.5 Å². The van der Waals surface area contributed by atoms with E-state index in [0.29, 0.717) is 6.61 Å². The van der Waals surface area contributed by atoms with E-state index in [4.69, 9.17) is 4.74 Å². The molecule has 22 heavy (non-hydrogen) atoms. The van der Waals surface area contributed by atoms with Crippen LogP contribution in [0.1, 0.15) is 29.9 Å². The Bertz CT molecular complexity index is 645. The molecule has 0 bridgehead atoms. The fraction of sp³-hybridized carbons (Fsp3) is 0.333. The smallest absolute Gasteiger partial charge is 0.309 e. The van der Waals surface area contributed by atoms with Crippen molar-refractivity contribution in [1.29, 1.82) is 0 Å². The zero-order valence-electron chi connectivity index (χ0n) is 12.2. The summed E-state index contributed by atoms with van der Waals surface area (Å²) in [7, 11) is 0. The Kier molecular flexibility index (Phi) is 4.47. The predicted octanol–water partition coefficient (Wildman–Crippen LogP) is 3.50. The molecule has 1 aliphatic rings. The van der Waals surface area contributed by atoms with Crippen molar-refractivity contribution in [3.63, 3.8) is 0 Å². The highest BCUT2D eigenvalue weighted by atomic mass is 19.1. The number of esters is 1. The van der Waals surface area contributed by atoms with E-state index in [9.17, 15) is 9.18 Å². The number of aromatic nitrogens is 1. The number of hydrogen-bond acceptors (Lipinski definition) is 3. The van der Waals surface area contributed by atoms with Crippen molar-refractivity contribution < 1.29 is 13.9 Å². The monoisotopic (exact) mass is 299 g/mol. The molecule has 1 heterocycles. The Morgan fingerprint density at radius 3 is 2.86 bits per heavy atom. The molecule has 0 spiro atoms. The first-order valence-electron chi connectivity index (χ1n) is 7.55. The highest BCUT2D eigenvalue weighted by Crippen LogP contribution is 2.48. The Hall–Kier alpha value is -2.23. The van der Waals surface area contributed by atoms with Crippen LogP contribution in [0.3, 0.4) is 0 Å². The third-order valence-corrected chi connectivity index (χ3v) is 3.97. The molecule has 114 valence electrons. The molecule has 0 amide bonds. The maximum atomic E-state index is 13.2. The van der Waals surface area contributed by atoms with Gasteiger partial charge in [-0.05, 0) is 60.6 Å². The summed E-state index contributed by atoms with van der Waals surface area (Å²) in [6.07, 6.45) is 5.94. The molecule has 1 aromatic carbocycles. The molecule has 0 N–H and O–H groups in total. The summed E-state index contributed by atoms with van der Waals surface area (Å²) in [6, 6.07) is 10.4. The van der Waals surface area contributed by atoms with Gasteiger partial charge in [0.25, 0.3) is 0 Å². The standard InChI is InChI=1S/C18H18FNO2/c19-15-5-1-4-14(11-15)16-12-17(16)18(21)22-10-2-3-13-6-8-20-9-7-13/h1,4-9,11,16-17H,2-3,10,12H2. The number of pyridine rings is 1. The fourth-order valence-electron chi connectivity index (χ4n) is 2.67. The summed E-state index contributed by atoms with van der Waals surface area (Å²) >= 11 is 0. The molecule has 4 heteroatoms. The first-order chi connectivity index (χ1) is 10.7. The van der Waals surface area contributed by atoms with Crippen molar-refractivity contribution >= 4 is 5.97 Å². The van der Waals surface area contributed by atoms with E-state index < -0.39 is 0 Å². The number of carbonyl (C=O) groups excluding carboxylic acids is 1. The number of carbonyl (C=O) groups is 1. The molecule has 1 aliphatic carbocycles. The van der Waals surface area contributed by atoms with Crippen LogP contribution >= 0.6 is 0 Å². The summed E-state index contributed by atoms with van der Waals surface area (Å²) in [6.45, 7) is 0.424. The molecule has 2 aromatic rings. The van der Waals surface area contributed by atoms with Crippen LogP contribution in [0.4, 0.5) is 4.39 Å². The van der Waals surface area contributed by atoms with Gasteiger partial charge in [-0.15, -0.1) is 0 Å². The maximum Gasteiger partial charge on any atom is 0.309 e. The van der Waals surface area contributed by atoms with Gasteiger partial charge in [-0.3, -0.25) is 9.78 Å². The van der Waals surface area contributed by atoms with E-state index in [1.807, 2.05) is 18.2 Å². The molecule has 1 aromatic heterocycles. The second-order valence-corrected chi connectivity index (χ2v) is 5.63. The number of rotatable bonds is 6. The number of nitrogens with zero attached hydrogens (tertiary/aromatic N) is 1. The second kappa shape index (κ2) is 6.69. The molecule has 0 aliphatic heterocycles. The molecule has 2 atom stereocenters. The summed E-state index contributed by atoms with van der Waals surface area (Å²) < 4.78 is 18.5. The Morgan fingerprint density at radius 2 is 2.09 bits per heavy atom. The molecule has 2 unspecified atom stereocenters. The number of hydrogen-bond donors (Lipinski definition) is 0. The fourth-order valence-corrected chi connectivity index (χ4v) is 2.67. The van der Waals surface area contributed by atoms with Crippen molar-refractivity contribution in [3.05, 3.63) is 65.7 Å². The summed E-state index contributed by atoms with van der Waals surface area (Å²) in [5.41, 5.74) is 2.08. The van der Waals surface area contributed by atoms with E-state index in [0.717, 1.165) is 24.8 Å². The highest BCUT2D eigenvalue weighted by molar-refractivity contribution is 5.77. The summed E-state index contributed by atoms with van der Waals surface area (Å²) in [5, 5.41) is 0. The lowest BCUT2D eigenvalue weighted by molar-refractivity contribution is -0.145. The molecule has 0 radical (unpaired) electrons. The molecule has 0 saturated heterocycles. The van der Waals surface area contributed by atoms with Gasteiger partial charge in [-0.1, -0.05) is 12.1 Å². The van der Waals surface area contributed by atoms with Gasteiger partial charge in [-0.2, -0.15) is 0 Å². The van der Waals surface area contributed by atoms with E-state index in [1.54, 1.807) is 18.5 Å². The van der Waals surface area contributed by atoms with E-state index in [2.05, 4.69) is 4.98 Å². The zero-order chi connectivity index (χ0) is 15.4. The predicted molar refractivity (Wildman–Crippen MR) is 80.8 cm³/mol. The molecule has 3 nitrogen and oxygen atoms in total. The van der Waals surface area contributed by atoms with Crippen LogP contribution in [0.15, 0.2) is 48.8 Å². The van der Waals surface area contributed by atoms with Crippen LogP contribution < -0.4 is 0 Å². The van der Waals surface area contributed by atoms with Crippen LogP contribution in [0, 0.1) is 11.7 Å². The molecular weight excluding hydrogens is 281 g/mol. The van der Waals surface area contributed by atoms with Crippen LogP contribution in [0.25, 0.3) is 0 Å². The quantitative estimate of drug-likeness (QED) is 0.605. The van der Waals surface area contributed by atoms with Crippen LogP contribution in [0.5, 0.6) is 0 Å². The van der Waals surface area contributed by atoms with Gasteiger partial charge < -0.3 is 4.74 Å². The SMILES string of the molecule is O=C(OCCCc1ccncc1)C1CC1c1cccc(F)c1. The molecular formula is C18H18FNO2. The second-order valence-electron chi connectivity index (χ2n) is 5.63. The third-order valence-electron chi connectivity index (χ3n) is 3.97. The van der Waals surface area contributed by atoms with Crippen molar-refractivity contribution in [2.24, 2.45) is 5.92 Å². The first-order valence-corrected chi connectivity index (χ1v) is 7.55. The van der Waals surface area contributed by atoms with Crippen molar-refractivity contribution in [2.45, 2.75) is 25.2 Å². The Balaban J connectivity index is 1.40. The van der Waals surface area contributed by atoms with Crippen molar-refractivity contribution in [2.75, 3.05) is 6.61 Å². The minimum atomic E-state index is -0.256. The number of halogens is 1. The van der Waals surface area contributed by atoms with E-state index in [-0.39, 0.29) is 23.6 Å². The minimum Gasteiger partial charge on any atom is -0.465 e. The Labute approximate surface area is 129 Å². The van der Waals surface area contributed by atoms with E-state index >= 15 is 0 Å². The molecule has 3 rings (SSSR count). The lowest BCUT2D eigenvalue weighted by Crippen LogP contribution is -2.09. The first kappa shape index (κ1) is 14.7. The largest absolute Gasteiger partial charge is 0.465 e. The maximum absolute atomic E-state index is 13.2. The lowest BCUT2D eigenvalue weighted by atomic mass is 10.1. The molecule has 1 saturated carbocycles. The zero-order valence-corrected chi connectivity index (χ0v) is 12.2. The minimum absolute atomic E-state index is 0.109. The van der Waals surface area contributed by atoms with Gasteiger partial charge >= 0.3 is 5.97 Å². The summed E-state index contributed by atoms with van der Waals surface area (Å²) in [5.74, 6) is -0.413. The van der Waals surface area contributed by atoms with Crippen LogP contribution in [0.2, 0.25) is 0 Å². The van der Waals surface area contributed by atoms with Crippen molar-refractivity contribution in [1.82, 2.24) is 4.98 Å². The average Bonchev–Trinajstić information content (AvgIpc) is 3.33. The lowest BCUT2D eigenvalue weighted by Gasteiger charge is -2.05. The van der Waals surface area contributed by atoms with Gasteiger partial charge in [-0.25, -0.2) is 4.39 Å². The number of aryl methyl sites for hydroxylation is 1. The Morgan fingerprint density at radius 1 is 1.27 bits per heavy atom. The van der Waals surface area contributed by atoms with Gasteiger partial charge in [0, 0.05) is 12.4 Å². The highest BCUT2D eigenvalue weighted by Gasteiger charge is 2.45. The average molecular weight is 299 g/mol. The summed E-state index contributed by atoms with van der Waals surface area (Å²) in [4.78, 5) is 15.9. The normalized spacial score (nSPS) is 19.7. The van der Waals surface area contributed by atoms with E-state index in [1.165, 1.54) is 17.7 Å². The topological polar surface area (TPSA) is 39.2 Å². The third kappa shape index (κ3) is 3.70. The van der Waals surface area contributed by atoms with Crippen LogP contribution in [-0.4, -0.2) is 17.6 Å². The van der Waals surface area contributed by atoms with Crippen LogP contribution in [-0.2, 0) is 16.0 Å². The van der Waals surface area contributed by atoms with Gasteiger partial charge in [0.15, 0.2) is 0 Å². The van der Waals surface area contributed by atoms with Crippen molar-refractivity contribution in [3.8, 4) is 0 Å². The molecule has 1 fully saturated rings. The van der Waals surface area contributed by atoms with Gasteiger partial charge in [0.1, 0.15) is 5.82 Å².